The van der Waals surface area contributed by atoms with Gasteiger partial charge in [-0.25, -0.2) is 4.68 Å². The number of primary amides is 1. The highest BCUT2D eigenvalue weighted by Gasteiger charge is 2.41. The molecule has 1 saturated heterocycles. The molecule has 1 aromatic carbocycles. The van der Waals surface area contributed by atoms with E-state index >= 15 is 0 Å². The Morgan fingerprint density at radius 3 is 2.70 bits per heavy atom. The van der Waals surface area contributed by atoms with Crippen molar-refractivity contribution in [2.45, 2.75) is 31.4 Å². The van der Waals surface area contributed by atoms with Crippen LogP contribution >= 0.6 is 0 Å². The summed E-state index contributed by atoms with van der Waals surface area (Å²) in [5, 5.41) is 2.90. The lowest BCUT2D eigenvalue weighted by molar-refractivity contribution is -0.128. The van der Waals surface area contributed by atoms with Crippen LogP contribution in [0.2, 0.25) is 0 Å². The van der Waals surface area contributed by atoms with Crippen molar-refractivity contribution in [3.8, 4) is 5.69 Å². The molecule has 1 aliphatic heterocycles. The van der Waals surface area contributed by atoms with Crippen molar-refractivity contribution in [2.75, 3.05) is 13.2 Å². The van der Waals surface area contributed by atoms with E-state index in [1.165, 1.54) is 10.7 Å². The van der Waals surface area contributed by atoms with Gasteiger partial charge in [-0.2, -0.15) is 0 Å². The lowest BCUT2D eigenvalue weighted by Crippen LogP contribution is -2.57. The third-order valence-electron chi connectivity index (χ3n) is 5.45. The molecule has 1 saturated carbocycles. The molecule has 2 aromatic rings. The molecule has 8 heteroatoms. The number of morpholine rings is 1. The molecule has 2 amide bonds. The fraction of sp³-hybridized carbons (Fsp3) is 0.421. The molecule has 2 heterocycles. The number of carbonyl (C=O) groups is 2. The first-order valence-corrected chi connectivity index (χ1v) is 9.14. The number of nitrogens with two attached hydrogens (primary N) is 1. The van der Waals surface area contributed by atoms with Crippen LogP contribution in [0.4, 0.5) is 0 Å². The average molecular weight is 370 g/mol. The topological polar surface area (TPSA) is 110 Å². The normalized spacial score (nSPS) is 25.0. The quantitative estimate of drug-likeness (QED) is 0.827. The Bertz CT molecular complexity index is 904. The largest absolute Gasteiger partial charge is 0.374 e. The van der Waals surface area contributed by atoms with Crippen LogP contribution in [-0.4, -0.2) is 51.8 Å². The van der Waals surface area contributed by atoms with Gasteiger partial charge in [-0.05, 0) is 31.4 Å². The molecule has 0 bridgehead atoms. The summed E-state index contributed by atoms with van der Waals surface area (Å²) in [6.07, 6.45) is 1.78. The van der Waals surface area contributed by atoms with E-state index in [2.05, 4.69) is 5.10 Å². The smallest absolute Gasteiger partial charge is 0.272 e. The van der Waals surface area contributed by atoms with Crippen molar-refractivity contribution in [2.24, 2.45) is 11.7 Å². The molecule has 2 fully saturated rings. The Morgan fingerprint density at radius 1 is 1.19 bits per heavy atom. The van der Waals surface area contributed by atoms with Gasteiger partial charge >= 0.3 is 0 Å². The number of benzene rings is 1. The zero-order chi connectivity index (χ0) is 19.0. The second-order valence-electron chi connectivity index (χ2n) is 7.07. The number of para-hydroxylation sites is 1. The van der Waals surface area contributed by atoms with Gasteiger partial charge in [0.2, 0.25) is 5.91 Å². The first kappa shape index (κ1) is 17.5. The highest BCUT2D eigenvalue weighted by Crippen LogP contribution is 2.32. The molecule has 2 aliphatic rings. The number of amides is 2. The van der Waals surface area contributed by atoms with Gasteiger partial charge in [0.05, 0.1) is 24.4 Å². The van der Waals surface area contributed by atoms with Crippen molar-refractivity contribution in [3.63, 3.8) is 0 Å². The third-order valence-corrected chi connectivity index (χ3v) is 5.45. The first-order chi connectivity index (χ1) is 13.0. The van der Waals surface area contributed by atoms with Gasteiger partial charge in [-0.3, -0.25) is 19.5 Å². The lowest BCUT2D eigenvalue weighted by atomic mass is 9.81. The molecule has 0 spiro atoms. The molecular formula is C19H22N4O4. The Kier molecular flexibility index (Phi) is 4.57. The number of aromatic nitrogens is 2. The van der Waals surface area contributed by atoms with Crippen molar-refractivity contribution >= 4 is 11.8 Å². The molecule has 4 rings (SSSR count). The second-order valence-corrected chi connectivity index (χ2v) is 7.07. The second kappa shape index (κ2) is 7.03. The highest BCUT2D eigenvalue weighted by molar-refractivity contribution is 5.92. The standard InChI is InChI=1S/C19H22N4O4/c20-18(25)12-6-7-16-15(10-12)22(8-9-27-16)19(26)14-11-17(24)23(21-14)13-4-2-1-3-5-13/h1-5,11-12,15-16,21H,6-10H2,(H2,20,25)/t12-,15+,16+/m0/s1. The van der Waals surface area contributed by atoms with Gasteiger partial charge in [0, 0.05) is 18.5 Å². The van der Waals surface area contributed by atoms with Crippen LogP contribution in [0.5, 0.6) is 0 Å². The Balaban J connectivity index is 1.60. The van der Waals surface area contributed by atoms with Crippen LogP contribution in [-0.2, 0) is 9.53 Å². The van der Waals surface area contributed by atoms with Crippen molar-refractivity contribution < 1.29 is 14.3 Å². The number of hydrogen-bond acceptors (Lipinski definition) is 4. The summed E-state index contributed by atoms with van der Waals surface area (Å²) >= 11 is 0. The van der Waals surface area contributed by atoms with Crippen LogP contribution < -0.4 is 11.3 Å². The van der Waals surface area contributed by atoms with Crippen LogP contribution in [0.1, 0.15) is 29.8 Å². The number of H-pyrrole nitrogens is 1. The maximum absolute atomic E-state index is 13.1. The number of fused-ring (bicyclic) bond motifs is 1. The van der Waals surface area contributed by atoms with Crippen LogP contribution in [0.15, 0.2) is 41.2 Å². The molecule has 1 aromatic heterocycles. The molecular weight excluding hydrogens is 348 g/mol. The summed E-state index contributed by atoms with van der Waals surface area (Å²) in [6.45, 7) is 0.863. The van der Waals surface area contributed by atoms with Gasteiger partial charge in [-0.15, -0.1) is 0 Å². The van der Waals surface area contributed by atoms with Crippen LogP contribution in [0.3, 0.4) is 0 Å². The number of nitrogens with one attached hydrogen (secondary N) is 1. The Morgan fingerprint density at radius 2 is 1.96 bits per heavy atom. The summed E-state index contributed by atoms with van der Waals surface area (Å²) in [5.41, 5.74) is 6.06. The third kappa shape index (κ3) is 3.28. The molecule has 0 radical (unpaired) electrons. The van der Waals surface area contributed by atoms with E-state index < -0.39 is 0 Å². The number of rotatable bonds is 3. The van der Waals surface area contributed by atoms with Gasteiger partial charge in [-0.1, -0.05) is 18.2 Å². The number of carbonyl (C=O) groups excluding carboxylic acids is 2. The molecule has 1 aliphatic carbocycles. The number of ether oxygens (including phenoxy) is 1. The summed E-state index contributed by atoms with van der Waals surface area (Å²) in [4.78, 5) is 38.7. The molecule has 142 valence electrons. The van der Waals surface area contributed by atoms with E-state index in [0.717, 1.165) is 0 Å². The van der Waals surface area contributed by atoms with Crippen molar-refractivity contribution in [1.82, 2.24) is 14.7 Å². The minimum Gasteiger partial charge on any atom is -0.374 e. The van der Waals surface area contributed by atoms with Crippen molar-refractivity contribution in [1.29, 1.82) is 0 Å². The number of hydrogen-bond donors (Lipinski definition) is 2. The maximum atomic E-state index is 13.1. The monoisotopic (exact) mass is 370 g/mol. The lowest BCUT2D eigenvalue weighted by Gasteiger charge is -2.45. The number of aromatic amines is 1. The highest BCUT2D eigenvalue weighted by atomic mass is 16.5. The Hall–Kier alpha value is -2.87. The molecule has 0 unspecified atom stereocenters. The summed E-state index contributed by atoms with van der Waals surface area (Å²) in [5.74, 6) is -0.850. The minimum absolute atomic E-state index is 0.0961. The fourth-order valence-electron chi connectivity index (χ4n) is 4.05. The maximum Gasteiger partial charge on any atom is 0.272 e. The fourth-order valence-corrected chi connectivity index (χ4v) is 4.05. The van der Waals surface area contributed by atoms with E-state index in [1.807, 2.05) is 18.2 Å². The summed E-state index contributed by atoms with van der Waals surface area (Å²) in [6, 6.07) is 10.2. The molecule has 8 nitrogen and oxygen atoms in total. The van der Waals surface area contributed by atoms with E-state index in [0.29, 0.717) is 38.1 Å². The van der Waals surface area contributed by atoms with Gasteiger partial charge < -0.3 is 15.4 Å². The predicted molar refractivity (Wildman–Crippen MR) is 97.5 cm³/mol. The Labute approximate surface area is 155 Å². The summed E-state index contributed by atoms with van der Waals surface area (Å²) in [7, 11) is 0. The zero-order valence-electron chi connectivity index (χ0n) is 14.8. The predicted octanol–water partition coefficient (Wildman–Crippen LogP) is 0.661. The van der Waals surface area contributed by atoms with Gasteiger partial charge in [0.25, 0.3) is 11.5 Å². The van der Waals surface area contributed by atoms with E-state index in [9.17, 15) is 14.4 Å². The van der Waals surface area contributed by atoms with E-state index in [4.69, 9.17) is 10.5 Å². The van der Waals surface area contributed by atoms with Crippen molar-refractivity contribution in [3.05, 3.63) is 52.4 Å². The molecule has 3 N–H and O–H groups in total. The average Bonchev–Trinajstić information content (AvgIpc) is 3.09. The van der Waals surface area contributed by atoms with Gasteiger partial charge in [0.15, 0.2) is 0 Å². The molecule has 3 atom stereocenters. The number of nitrogens with zero attached hydrogens (tertiary/aromatic N) is 2. The van der Waals surface area contributed by atoms with Gasteiger partial charge in [0.1, 0.15) is 5.69 Å². The summed E-state index contributed by atoms with van der Waals surface area (Å²) < 4.78 is 7.15. The zero-order valence-corrected chi connectivity index (χ0v) is 14.8. The molecule has 27 heavy (non-hydrogen) atoms. The first-order valence-electron chi connectivity index (χ1n) is 9.14. The van der Waals surface area contributed by atoms with Crippen LogP contribution in [0.25, 0.3) is 5.69 Å². The van der Waals surface area contributed by atoms with E-state index in [1.54, 1.807) is 17.0 Å². The van der Waals surface area contributed by atoms with E-state index in [-0.39, 0.29) is 41.1 Å². The van der Waals surface area contributed by atoms with Crippen LogP contribution in [0, 0.1) is 5.92 Å². The SMILES string of the molecule is NC(=O)[C@H]1CC[C@H]2OCCN(C(=O)c3cc(=O)n(-c4ccccc4)[nH]3)[C@@H]2C1. The minimum atomic E-state index is -0.338.